The highest BCUT2D eigenvalue weighted by atomic mass is 32.2. The summed E-state index contributed by atoms with van der Waals surface area (Å²) in [6.07, 6.45) is 0.290. The minimum absolute atomic E-state index is 0.252. The van der Waals surface area contributed by atoms with E-state index < -0.39 is 28.8 Å². The zero-order valence-electron chi connectivity index (χ0n) is 21.3. The van der Waals surface area contributed by atoms with E-state index in [4.69, 9.17) is 0 Å². The quantitative estimate of drug-likeness (QED) is 0.452. The summed E-state index contributed by atoms with van der Waals surface area (Å²) in [5, 5.41) is 17.0. The van der Waals surface area contributed by atoms with Crippen molar-refractivity contribution in [3.63, 3.8) is 0 Å². The van der Waals surface area contributed by atoms with Gasteiger partial charge in [0.1, 0.15) is 6.04 Å². The van der Waals surface area contributed by atoms with Gasteiger partial charge in [0.05, 0.1) is 11.9 Å². The van der Waals surface area contributed by atoms with Crippen molar-refractivity contribution >= 4 is 29.5 Å². The third-order valence-corrected chi connectivity index (χ3v) is 7.97. The summed E-state index contributed by atoms with van der Waals surface area (Å²) in [5.41, 5.74) is 3.17. The van der Waals surface area contributed by atoms with Gasteiger partial charge < -0.3 is 20.6 Å². The van der Waals surface area contributed by atoms with Gasteiger partial charge >= 0.3 is 0 Å². The van der Waals surface area contributed by atoms with Gasteiger partial charge in [0, 0.05) is 16.9 Å². The number of carbonyl (C=O) groups excluding carboxylic acids is 3. The molecule has 2 aromatic carbocycles. The Hall–Kier alpha value is -3.10. The average molecular weight is 510 g/mol. The van der Waals surface area contributed by atoms with E-state index in [0.29, 0.717) is 5.56 Å². The number of thioether (sulfide) groups is 1. The third kappa shape index (κ3) is 6.17. The number of carbonyl (C=O) groups is 3. The molecule has 1 aliphatic heterocycles. The van der Waals surface area contributed by atoms with E-state index in [-0.39, 0.29) is 30.7 Å². The van der Waals surface area contributed by atoms with Crippen LogP contribution >= 0.6 is 11.8 Å². The van der Waals surface area contributed by atoms with Crippen LogP contribution in [0.4, 0.5) is 0 Å². The lowest BCUT2D eigenvalue weighted by Gasteiger charge is -2.33. The van der Waals surface area contributed by atoms with Crippen LogP contribution in [0.1, 0.15) is 40.9 Å². The summed E-state index contributed by atoms with van der Waals surface area (Å²) in [7, 11) is 0. The number of hydrogen-bond donors (Lipinski definition) is 3. The van der Waals surface area contributed by atoms with Crippen LogP contribution in [0, 0.1) is 13.8 Å². The SMILES string of the molecule is C=CCNC(=O)C1N(C(=O)C(O)C(Cc2ccccc2)NC(=O)c2cccc(C)c2C)CSC1(C)C. The molecular weight excluding hydrogens is 474 g/mol. The standard InChI is InChI=1S/C28H35N3O4S/c1-6-15-29-26(34)24-28(4,5)36-17-31(24)27(35)23(32)22(16-20-12-8-7-9-13-20)30-25(33)21-14-10-11-18(2)19(21)3/h6-14,22-24,32H,1,15-17H2,2-5H3,(H,29,34)(H,30,33). The molecule has 0 aromatic heterocycles. The molecule has 3 unspecified atom stereocenters. The number of benzene rings is 2. The molecule has 3 rings (SSSR count). The monoisotopic (exact) mass is 509 g/mol. The van der Waals surface area contributed by atoms with Gasteiger partial charge in [-0.3, -0.25) is 14.4 Å². The molecule has 3 atom stereocenters. The van der Waals surface area contributed by atoms with Crippen molar-refractivity contribution in [2.45, 2.75) is 57.1 Å². The summed E-state index contributed by atoms with van der Waals surface area (Å²) < 4.78 is -0.544. The van der Waals surface area contributed by atoms with E-state index in [1.807, 2.05) is 64.1 Å². The number of aryl methyl sites for hydroxylation is 1. The Morgan fingerprint density at radius 1 is 1.17 bits per heavy atom. The number of rotatable bonds is 9. The maximum absolute atomic E-state index is 13.6. The second kappa shape index (κ2) is 11.8. The molecule has 0 radical (unpaired) electrons. The van der Waals surface area contributed by atoms with E-state index in [1.54, 1.807) is 18.2 Å². The zero-order valence-corrected chi connectivity index (χ0v) is 22.1. The normalized spacial score (nSPS) is 18.2. The van der Waals surface area contributed by atoms with Gasteiger partial charge in [-0.05, 0) is 56.9 Å². The van der Waals surface area contributed by atoms with Gasteiger partial charge in [0.25, 0.3) is 11.8 Å². The highest BCUT2D eigenvalue weighted by molar-refractivity contribution is 8.00. The Labute approximate surface area is 217 Å². The highest BCUT2D eigenvalue weighted by Gasteiger charge is 2.49. The van der Waals surface area contributed by atoms with Crippen LogP contribution in [0.15, 0.2) is 61.2 Å². The van der Waals surface area contributed by atoms with Crippen LogP contribution in [-0.4, -0.2) is 63.1 Å². The van der Waals surface area contributed by atoms with Crippen LogP contribution < -0.4 is 10.6 Å². The molecule has 1 fully saturated rings. The second-order valence-electron chi connectivity index (χ2n) is 9.58. The first kappa shape index (κ1) is 27.5. The Morgan fingerprint density at radius 3 is 2.53 bits per heavy atom. The average Bonchev–Trinajstić information content (AvgIpc) is 3.18. The van der Waals surface area contributed by atoms with E-state index >= 15 is 0 Å². The lowest BCUT2D eigenvalue weighted by atomic mass is 9.96. The maximum atomic E-state index is 13.6. The fraction of sp³-hybridized carbons (Fsp3) is 0.393. The van der Waals surface area contributed by atoms with E-state index in [0.717, 1.165) is 16.7 Å². The van der Waals surface area contributed by atoms with Crippen LogP contribution in [0.2, 0.25) is 0 Å². The summed E-state index contributed by atoms with van der Waals surface area (Å²) in [5.74, 6) is -0.989. The summed E-state index contributed by atoms with van der Waals surface area (Å²) in [6.45, 7) is 11.5. The predicted octanol–water partition coefficient (Wildman–Crippen LogP) is 2.99. The summed E-state index contributed by atoms with van der Waals surface area (Å²) >= 11 is 1.47. The molecule has 1 saturated heterocycles. The Bertz CT molecular complexity index is 1120. The minimum Gasteiger partial charge on any atom is -0.381 e. The van der Waals surface area contributed by atoms with Crippen LogP contribution in [0.5, 0.6) is 0 Å². The first-order chi connectivity index (χ1) is 17.1. The number of amides is 3. The lowest BCUT2D eigenvalue weighted by Crippen LogP contribution is -2.58. The predicted molar refractivity (Wildman–Crippen MR) is 144 cm³/mol. The van der Waals surface area contributed by atoms with Crippen molar-refractivity contribution in [1.29, 1.82) is 0 Å². The van der Waals surface area contributed by atoms with Crippen LogP contribution in [0.3, 0.4) is 0 Å². The molecule has 3 amide bonds. The molecular formula is C28H35N3O4S. The molecule has 0 aliphatic carbocycles. The third-order valence-electron chi connectivity index (χ3n) is 6.60. The van der Waals surface area contributed by atoms with E-state index in [2.05, 4.69) is 17.2 Å². The highest BCUT2D eigenvalue weighted by Crippen LogP contribution is 2.39. The minimum atomic E-state index is -1.54. The largest absolute Gasteiger partial charge is 0.381 e. The van der Waals surface area contributed by atoms with Crippen LogP contribution in [-0.2, 0) is 16.0 Å². The molecule has 1 heterocycles. The van der Waals surface area contributed by atoms with Gasteiger partial charge in [-0.25, -0.2) is 0 Å². The summed E-state index contributed by atoms with van der Waals surface area (Å²) in [6, 6.07) is 13.2. The van der Waals surface area contributed by atoms with E-state index in [1.165, 1.54) is 16.7 Å². The number of aliphatic hydroxyl groups excluding tert-OH is 1. The number of nitrogens with one attached hydrogen (secondary N) is 2. The topological polar surface area (TPSA) is 98.7 Å². The molecule has 1 aliphatic rings. The lowest BCUT2D eigenvalue weighted by molar-refractivity contribution is -0.147. The molecule has 7 nitrogen and oxygen atoms in total. The fourth-order valence-electron chi connectivity index (χ4n) is 4.38. The summed E-state index contributed by atoms with van der Waals surface area (Å²) in [4.78, 5) is 41.2. The number of nitrogens with zero attached hydrogens (tertiary/aromatic N) is 1. The Morgan fingerprint density at radius 2 is 1.86 bits per heavy atom. The molecule has 0 saturated carbocycles. The molecule has 0 bridgehead atoms. The molecule has 8 heteroatoms. The Kier molecular flexibility index (Phi) is 8.98. The van der Waals surface area contributed by atoms with Gasteiger partial charge in [-0.15, -0.1) is 18.3 Å². The van der Waals surface area contributed by atoms with Crippen molar-refractivity contribution < 1.29 is 19.5 Å². The van der Waals surface area contributed by atoms with Gasteiger partial charge in [-0.2, -0.15) is 0 Å². The van der Waals surface area contributed by atoms with Crippen molar-refractivity contribution in [3.8, 4) is 0 Å². The number of hydrogen-bond acceptors (Lipinski definition) is 5. The van der Waals surface area contributed by atoms with Crippen molar-refractivity contribution in [3.05, 3.63) is 83.4 Å². The van der Waals surface area contributed by atoms with Gasteiger partial charge in [-0.1, -0.05) is 48.5 Å². The maximum Gasteiger partial charge on any atom is 0.254 e. The molecule has 0 spiro atoms. The molecule has 192 valence electrons. The Balaban J connectivity index is 1.88. The first-order valence-electron chi connectivity index (χ1n) is 12.0. The van der Waals surface area contributed by atoms with Crippen molar-refractivity contribution in [2.75, 3.05) is 12.4 Å². The first-order valence-corrected chi connectivity index (χ1v) is 13.0. The molecule has 3 N–H and O–H groups in total. The van der Waals surface area contributed by atoms with Crippen molar-refractivity contribution in [2.24, 2.45) is 0 Å². The zero-order chi connectivity index (χ0) is 26.5. The molecule has 36 heavy (non-hydrogen) atoms. The molecule has 2 aromatic rings. The number of aliphatic hydroxyl groups is 1. The van der Waals surface area contributed by atoms with Gasteiger partial charge in [0.2, 0.25) is 5.91 Å². The smallest absolute Gasteiger partial charge is 0.254 e. The van der Waals surface area contributed by atoms with Crippen molar-refractivity contribution in [1.82, 2.24) is 15.5 Å². The fourth-order valence-corrected chi connectivity index (χ4v) is 5.52. The van der Waals surface area contributed by atoms with E-state index in [9.17, 15) is 19.5 Å². The van der Waals surface area contributed by atoms with Crippen LogP contribution in [0.25, 0.3) is 0 Å². The second-order valence-corrected chi connectivity index (χ2v) is 11.2. The van der Waals surface area contributed by atoms with Gasteiger partial charge in [0.15, 0.2) is 6.10 Å².